The van der Waals surface area contributed by atoms with Gasteiger partial charge >= 0.3 is 0 Å². The summed E-state index contributed by atoms with van der Waals surface area (Å²) < 4.78 is 0. The van der Waals surface area contributed by atoms with Gasteiger partial charge in [0.25, 0.3) is 0 Å². The van der Waals surface area contributed by atoms with Crippen molar-refractivity contribution in [3.8, 4) is 0 Å². The first-order valence-electron chi connectivity index (χ1n) is 3.97. The molecule has 0 aromatic carbocycles. The molecular formula is C8H18O2. The third-order valence-electron chi connectivity index (χ3n) is 1.90. The topological polar surface area (TPSA) is 40.5 Å². The molecule has 2 nitrogen and oxygen atoms in total. The summed E-state index contributed by atoms with van der Waals surface area (Å²) in [6.07, 6.45) is 2.73. The van der Waals surface area contributed by atoms with E-state index in [9.17, 15) is 0 Å². The second-order valence-electron chi connectivity index (χ2n) is 2.99. The van der Waals surface area contributed by atoms with Gasteiger partial charge in [-0.25, -0.2) is 0 Å². The van der Waals surface area contributed by atoms with E-state index in [-0.39, 0.29) is 5.92 Å². The van der Waals surface area contributed by atoms with Crippen LogP contribution in [0.4, 0.5) is 0 Å². The lowest BCUT2D eigenvalue weighted by atomic mass is 9.93. The molecule has 0 saturated heterocycles. The van der Waals surface area contributed by atoms with E-state index >= 15 is 0 Å². The molecular weight excluding hydrogens is 128 g/mol. The predicted octanol–water partition coefficient (Wildman–Crippen LogP) is 1.51. The molecule has 0 aliphatic rings. The van der Waals surface area contributed by atoms with Crippen molar-refractivity contribution in [1.29, 1.82) is 0 Å². The van der Waals surface area contributed by atoms with Gasteiger partial charge in [0.15, 0.2) is 5.79 Å². The summed E-state index contributed by atoms with van der Waals surface area (Å²) in [5, 5.41) is 18.3. The highest BCUT2D eigenvalue weighted by Crippen LogP contribution is 2.22. The number of aliphatic hydroxyl groups is 2. The average Bonchev–Trinajstić information content (AvgIpc) is 1.80. The molecule has 0 aliphatic heterocycles. The van der Waals surface area contributed by atoms with E-state index in [2.05, 4.69) is 6.92 Å². The zero-order valence-corrected chi connectivity index (χ0v) is 7.09. The van der Waals surface area contributed by atoms with E-state index in [1.165, 1.54) is 6.92 Å². The van der Waals surface area contributed by atoms with Crippen molar-refractivity contribution in [2.24, 2.45) is 5.92 Å². The first-order chi connectivity index (χ1) is 4.52. The van der Waals surface area contributed by atoms with Gasteiger partial charge in [-0.05, 0) is 19.8 Å². The van der Waals surface area contributed by atoms with Crippen molar-refractivity contribution < 1.29 is 10.2 Å². The molecule has 0 amide bonds. The zero-order valence-electron chi connectivity index (χ0n) is 7.09. The molecule has 2 heteroatoms. The van der Waals surface area contributed by atoms with Gasteiger partial charge in [0, 0.05) is 5.92 Å². The lowest BCUT2D eigenvalue weighted by Crippen LogP contribution is -2.33. The summed E-state index contributed by atoms with van der Waals surface area (Å²) in [4.78, 5) is 0. The zero-order chi connectivity index (χ0) is 8.20. The molecule has 10 heavy (non-hydrogen) atoms. The van der Waals surface area contributed by atoms with Crippen molar-refractivity contribution in [3.05, 3.63) is 0 Å². The summed E-state index contributed by atoms with van der Waals surface area (Å²) in [5.41, 5.74) is 0. The lowest BCUT2D eigenvalue weighted by Gasteiger charge is -2.26. The van der Waals surface area contributed by atoms with Gasteiger partial charge in [0.05, 0.1) is 0 Å². The molecule has 2 N–H and O–H groups in total. The van der Waals surface area contributed by atoms with Crippen molar-refractivity contribution >= 4 is 0 Å². The number of hydrogen-bond acceptors (Lipinski definition) is 2. The van der Waals surface area contributed by atoms with Crippen LogP contribution in [0.3, 0.4) is 0 Å². The standard InChI is InChI=1S/C8H18O2/c1-4-6-7(5-2)8(3,9)10/h7,9-10H,4-6H2,1-3H3. The quantitative estimate of drug-likeness (QED) is 0.590. The summed E-state index contributed by atoms with van der Waals surface area (Å²) >= 11 is 0. The molecule has 0 spiro atoms. The highest BCUT2D eigenvalue weighted by atomic mass is 16.5. The first kappa shape index (κ1) is 9.92. The molecule has 62 valence electrons. The molecule has 0 aliphatic carbocycles. The third-order valence-corrected chi connectivity index (χ3v) is 1.90. The van der Waals surface area contributed by atoms with Crippen molar-refractivity contribution in [2.75, 3.05) is 0 Å². The van der Waals surface area contributed by atoms with E-state index in [1.54, 1.807) is 0 Å². The van der Waals surface area contributed by atoms with Crippen LogP contribution in [0.15, 0.2) is 0 Å². The van der Waals surface area contributed by atoms with E-state index in [0.717, 1.165) is 19.3 Å². The predicted molar refractivity (Wildman–Crippen MR) is 41.5 cm³/mol. The van der Waals surface area contributed by atoms with Crippen LogP contribution in [-0.2, 0) is 0 Å². The average molecular weight is 146 g/mol. The van der Waals surface area contributed by atoms with Crippen LogP contribution < -0.4 is 0 Å². The molecule has 0 fully saturated rings. The molecule has 0 radical (unpaired) electrons. The van der Waals surface area contributed by atoms with Crippen LogP contribution in [-0.4, -0.2) is 16.0 Å². The van der Waals surface area contributed by atoms with E-state index in [4.69, 9.17) is 10.2 Å². The van der Waals surface area contributed by atoms with Gasteiger partial charge in [-0.3, -0.25) is 0 Å². The normalized spacial score (nSPS) is 15.3. The maximum atomic E-state index is 9.16. The lowest BCUT2D eigenvalue weighted by molar-refractivity contribution is -0.187. The Bertz CT molecular complexity index is 83.7. The first-order valence-corrected chi connectivity index (χ1v) is 3.97. The molecule has 0 rings (SSSR count). The highest BCUT2D eigenvalue weighted by molar-refractivity contribution is 4.68. The third kappa shape index (κ3) is 3.18. The fourth-order valence-corrected chi connectivity index (χ4v) is 1.21. The fraction of sp³-hybridized carbons (Fsp3) is 1.00. The smallest absolute Gasteiger partial charge is 0.162 e. The fourth-order valence-electron chi connectivity index (χ4n) is 1.21. The summed E-state index contributed by atoms with van der Waals surface area (Å²) in [5.74, 6) is -1.46. The maximum absolute atomic E-state index is 9.16. The van der Waals surface area contributed by atoms with Gasteiger partial charge in [-0.2, -0.15) is 0 Å². The van der Waals surface area contributed by atoms with Gasteiger partial charge in [-0.1, -0.05) is 20.3 Å². The molecule has 0 saturated carbocycles. The van der Waals surface area contributed by atoms with Gasteiger partial charge in [0.1, 0.15) is 0 Å². The summed E-state index contributed by atoms with van der Waals surface area (Å²) in [7, 11) is 0. The number of rotatable bonds is 4. The van der Waals surface area contributed by atoms with Crippen molar-refractivity contribution in [3.63, 3.8) is 0 Å². The van der Waals surface area contributed by atoms with Crippen molar-refractivity contribution in [2.45, 2.75) is 45.8 Å². The minimum Gasteiger partial charge on any atom is -0.366 e. The van der Waals surface area contributed by atoms with Gasteiger partial charge in [0.2, 0.25) is 0 Å². The second-order valence-corrected chi connectivity index (χ2v) is 2.99. The second kappa shape index (κ2) is 3.94. The van der Waals surface area contributed by atoms with Crippen LogP contribution in [0.1, 0.15) is 40.0 Å². The SMILES string of the molecule is CCCC(CC)C(C)(O)O. The Morgan fingerprint density at radius 1 is 1.30 bits per heavy atom. The minimum atomic E-state index is -1.48. The van der Waals surface area contributed by atoms with Crippen molar-refractivity contribution in [1.82, 2.24) is 0 Å². The summed E-state index contributed by atoms with van der Waals surface area (Å²) in [6, 6.07) is 0. The Hall–Kier alpha value is -0.0800. The Labute approximate surface area is 62.9 Å². The van der Waals surface area contributed by atoms with Crippen LogP contribution in [0, 0.1) is 5.92 Å². The Morgan fingerprint density at radius 2 is 1.80 bits per heavy atom. The molecule has 1 atom stereocenters. The number of hydrogen-bond donors (Lipinski definition) is 2. The van der Waals surface area contributed by atoms with Crippen LogP contribution in [0.2, 0.25) is 0 Å². The molecule has 0 aromatic heterocycles. The largest absolute Gasteiger partial charge is 0.366 e. The summed E-state index contributed by atoms with van der Waals surface area (Å²) in [6.45, 7) is 5.48. The van der Waals surface area contributed by atoms with Gasteiger partial charge < -0.3 is 10.2 Å². The van der Waals surface area contributed by atoms with E-state index < -0.39 is 5.79 Å². The molecule has 0 aromatic rings. The Kier molecular flexibility index (Phi) is 3.91. The molecule has 0 bridgehead atoms. The maximum Gasteiger partial charge on any atom is 0.162 e. The molecule has 1 unspecified atom stereocenters. The van der Waals surface area contributed by atoms with Gasteiger partial charge in [-0.15, -0.1) is 0 Å². The molecule has 0 heterocycles. The Morgan fingerprint density at radius 3 is 1.90 bits per heavy atom. The van der Waals surface area contributed by atoms with Crippen LogP contribution in [0.5, 0.6) is 0 Å². The van der Waals surface area contributed by atoms with Crippen LogP contribution in [0.25, 0.3) is 0 Å². The van der Waals surface area contributed by atoms with E-state index in [0.29, 0.717) is 0 Å². The van der Waals surface area contributed by atoms with E-state index in [1.807, 2.05) is 6.92 Å². The highest BCUT2D eigenvalue weighted by Gasteiger charge is 2.25. The minimum absolute atomic E-state index is 0.0255. The Balaban J connectivity index is 3.81. The monoisotopic (exact) mass is 146 g/mol. The van der Waals surface area contributed by atoms with Crippen LogP contribution >= 0.6 is 0 Å².